The topological polar surface area (TPSA) is 68.0 Å². The van der Waals surface area contributed by atoms with Crippen molar-refractivity contribution in [2.45, 2.75) is 0 Å². The Balaban J connectivity index is 2.03. The van der Waals surface area contributed by atoms with E-state index in [0.29, 0.717) is 27.8 Å². The quantitative estimate of drug-likeness (QED) is 0.567. The minimum Gasteiger partial charge on any atom is -0.497 e. The molecule has 1 N–H and O–H groups in total. The van der Waals surface area contributed by atoms with Crippen LogP contribution in [0.1, 0.15) is 26.3 Å². The first-order valence-electron chi connectivity index (χ1n) is 8.04. The number of ketones is 1. The first-order chi connectivity index (χ1) is 12.6. The molecule has 0 fully saturated rings. The lowest BCUT2D eigenvalue weighted by molar-refractivity contribution is 0.0697. The maximum absolute atomic E-state index is 13.2. The maximum Gasteiger partial charge on any atom is 0.335 e. The lowest BCUT2D eigenvalue weighted by Gasteiger charge is -2.11. The van der Waals surface area contributed by atoms with Gasteiger partial charge in [-0.15, -0.1) is 0 Å². The summed E-state index contributed by atoms with van der Waals surface area (Å²) in [5.41, 5.74) is 2.48. The summed E-state index contributed by atoms with van der Waals surface area (Å²) in [4.78, 5) is 24.7. The van der Waals surface area contributed by atoms with E-state index in [4.69, 9.17) is 4.74 Å². The monoisotopic (exact) mass is 345 g/mol. The van der Waals surface area contributed by atoms with E-state index in [1.54, 1.807) is 30.3 Å². The van der Waals surface area contributed by atoms with Crippen molar-refractivity contribution in [3.63, 3.8) is 0 Å². The summed E-state index contributed by atoms with van der Waals surface area (Å²) in [5, 5.41) is 10.1. The fourth-order valence-electron chi connectivity index (χ4n) is 3.18. The zero-order valence-corrected chi connectivity index (χ0v) is 14.0. The van der Waals surface area contributed by atoms with Gasteiger partial charge in [0.05, 0.1) is 18.2 Å². The standard InChI is InChI=1S/C21H15NO4/c1-26-17-6-2-4-14(11-17)20(23)18-12-15(21(24)25)10-13-7-8-16-5-3-9-22(16)19(13)18/h2-12H,1H3,(H,24,25). The molecule has 0 unspecified atom stereocenters. The van der Waals surface area contributed by atoms with Gasteiger partial charge in [0.15, 0.2) is 5.78 Å². The van der Waals surface area contributed by atoms with Crippen LogP contribution in [-0.4, -0.2) is 28.4 Å². The molecule has 128 valence electrons. The van der Waals surface area contributed by atoms with Gasteiger partial charge in [-0.1, -0.05) is 18.2 Å². The number of hydrogen-bond acceptors (Lipinski definition) is 3. The van der Waals surface area contributed by atoms with Gasteiger partial charge in [-0.05, 0) is 42.5 Å². The predicted octanol–water partition coefficient (Wildman–Crippen LogP) is 4.03. The third-order valence-corrected chi connectivity index (χ3v) is 4.42. The van der Waals surface area contributed by atoms with Gasteiger partial charge in [0, 0.05) is 28.2 Å². The minimum absolute atomic E-state index is 0.0789. The summed E-state index contributed by atoms with van der Waals surface area (Å²) in [6.45, 7) is 0. The SMILES string of the molecule is COc1cccc(C(=O)c2cc(C(=O)O)cc3ccc4cccn4c23)c1. The van der Waals surface area contributed by atoms with E-state index in [1.807, 2.05) is 34.9 Å². The number of carbonyl (C=O) groups is 2. The zero-order chi connectivity index (χ0) is 18.3. The molecule has 0 saturated carbocycles. The number of carboxylic acid groups (broad SMARTS) is 1. The molecule has 0 spiro atoms. The number of methoxy groups -OCH3 is 1. The molecule has 0 aliphatic heterocycles. The average Bonchev–Trinajstić information content (AvgIpc) is 3.15. The molecule has 0 bridgehead atoms. The van der Waals surface area contributed by atoms with Gasteiger partial charge in [0.1, 0.15) is 5.75 Å². The number of nitrogens with zero attached hydrogens (tertiary/aromatic N) is 1. The number of carboxylic acids is 1. The van der Waals surface area contributed by atoms with E-state index < -0.39 is 5.97 Å². The average molecular weight is 345 g/mol. The minimum atomic E-state index is -1.07. The van der Waals surface area contributed by atoms with Crippen molar-refractivity contribution in [2.75, 3.05) is 7.11 Å². The molecule has 5 heteroatoms. The molecule has 0 atom stereocenters. The Morgan fingerprint density at radius 3 is 2.58 bits per heavy atom. The lowest BCUT2D eigenvalue weighted by atomic mass is 9.97. The van der Waals surface area contributed by atoms with Crippen LogP contribution in [0.4, 0.5) is 0 Å². The first-order valence-corrected chi connectivity index (χ1v) is 8.04. The van der Waals surface area contributed by atoms with E-state index in [1.165, 1.54) is 13.2 Å². The fourth-order valence-corrected chi connectivity index (χ4v) is 3.18. The highest BCUT2D eigenvalue weighted by atomic mass is 16.5. The number of rotatable bonds is 4. The number of fused-ring (bicyclic) bond motifs is 3. The number of ether oxygens (including phenoxy) is 1. The largest absolute Gasteiger partial charge is 0.497 e. The van der Waals surface area contributed by atoms with Crippen LogP contribution < -0.4 is 4.74 Å². The van der Waals surface area contributed by atoms with Gasteiger partial charge in [-0.2, -0.15) is 0 Å². The molecule has 4 aromatic rings. The Morgan fingerprint density at radius 1 is 0.962 bits per heavy atom. The van der Waals surface area contributed by atoms with Gasteiger partial charge < -0.3 is 14.2 Å². The second-order valence-corrected chi connectivity index (χ2v) is 5.96. The van der Waals surface area contributed by atoms with Crippen LogP contribution in [0.3, 0.4) is 0 Å². The normalized spacial score (nSPS) is 11.0. The van der Waals surface area contributed by atoms with Crippen molar-refractivity contribution < 1.29 is 19.4 Å². The summed E-state index contributed by atoms with van der Waals surface area (Å²) < 4.78 is 7.09. The number of benzene rings is 2. The molecule has 5 nitrogen and oxygen atoms in total. The number of aromatic nitrogens is 1. The zero-order valence-electron chi connectivity index (χ0n) is 14.0. The number of hydrogen-bond donors (Lipinski definition) is 1. The van der Waals surface area contributed by atoms with Crippen LogP contribution in [0.2, 0.25) is 0 Å². The molecule has 0 radical (unpaired) electrons. The summed E-state index contributed by atoms with van der Waals surface area (Å²) in [5.74, 6) is -0.752. The molecular weight excluding hydrogens is 330 g/mol. The summed E-state index contributed by atoms with van der Waals surface area (Å²) in [7, 11) is 1.54. The maximum atomic E-state index is 13.2. The van der Waals surface area contributed by atoms with Gasteiger partial charge in [0.2, 0.25) is 0 Å². The molecule has 2 aromatic heterocycles. The Hall–Kier alpha value is -3.60. The van der Waals surface area contributed by atoms with Crippen LogP contribution in [0.5, 0.6) is 5.75 Å². The summed E-state index contributed by atoms with van der Waals surface area (Å²) in [6, 6.07) is 17.4. The molecule has 0 aliphatic carbocycles. The van der Waals surface area contributed by atoms with Crippen molar-refractivity contribution in [1.82, 2.24) is 4.40 Å². The third kappa shape index (κ3) is 2.50. The predicted molar refractivity (Wildman–Crippen MR) is 98.3 cm³/mol. The van der Waals surface area contributed by atoms with E-state index in [9.17, 15) is 14.7 Å². The highest BCUT2D eigenvalue weighted by molar-refractivity contribution is 6.17. The number of pyridine rings is 1. The van der Waals surface area contributed by atoms with E-state index >= 15 is 0 Å². The van der Waals surface area contributed by atoms with Crippen LogP contribution in [0.25, 0.3) is 16.4 Å². The van der Waals surface area contributed by atoms with E-state index in [2.05, 4.69) is 0 Å². The second kappa shape index (κ2) is 6.04. The fraction of sp³-hybridized carbons (Fsp3) is 0.0476. The Bertz CT molecular complexity index is 1170. The van der Waals surface area contributed by atoms with Crippen LogP contribution in [0, 0.1) is 0 Å². The number of aromatic carboxylic acids is 1. The van der Waals surface area contributed by atoms with Crippen molar-refractivity contribution in [2.24, 2.45) is 0 Å². The van der Waals surface area contributed by atoms with Crippen molar-refractivity contribution in [3.8, 4) is 5.75 Å². The molecule has 0 amide bonds. The molecule has 0 aliphatic rings. The number of carbonyl (C=O) groups excluding carboxylic acids is 1. The molecular formula is C21H15NO4. The third-order valence-electron chi connectivity index (χ3n) is 4.42. The van der Waals surface area contributed by atoms with Crippen molar-refractivity contribution in [3.05, 3.63) is 83.6 Å². The smallest absolute Gasteiger partial charge is 0.335 e. The van der Waals surface area contributed by atoms with Crippen molar-refractivity contribution in [1.29, 1.82) is 0 Å². The molecule has 4 rings (SSSR count). The molecule has 0 saturated heterocycles. The Labute approximate surface area is 149 Å². The van der Waals surface area contributed by atoms with E-state index in [-0.39, 0.29) is 11.3 Å². The first kappa shape index (κ1) is 15.9. The van der Waals surface area contributed by atoms with E-state index in [0.717, 1.165) is 5.52 Å². The molecule has 2 heterocycles. The van der Waals surface area contributed by atoms with Crippen LogP contribution >= 0.6 is 0 Å². The Morgan fingerprint density at radius 2 is 1.81 bits per heavy atom. The van der Waals surface area contributed by atoms with Crippen LogP contribution in [0.15, 0.2) is 66.9 Å². The lowest BCUT2D eigenvalue weighted by Crippen LogP contribution is -2.08. The van der Waals surface area contributed by atoms with Gasteiger partial charge in [-0.3, -0.25) is 4.79 Å². The van der Waals surface area contributed by atoms with Gasteiger partial charge >= 0.3 is 5.97 Å². The van der Waals surface area contributed by atoms with Gasteiger partial charge in [-0.25, -0.2) is 4.79 Å². The summed E-state index contributed by atoms with van der Waals surface area (Å²) >= 11 is 0. The molecule has 2 aromatic carbocycles. The highest BCUT2D eigenvalue weighted by Crippen LogP contribution is 2.27. The second-order valence-electron chi connectivity index (χ2n) is 5.96. The van der Waals surface area contributed by atoms with Crippen LogP contribution in [-0.2, 0) is 0 Å². The van der Waals surface area contributed by atoms with Gasteiger partial charge in [0.25, 0.3) is 0 Å². The molecule has 26 heavy (non-hydrogen) atoms. The summed E-state index contributed by atoms with van der Waals surface area (Å²) in [6.07, 6.45) is 1.86. The highest BCUT2D eigenvalue weighted by Gasteiger charge is 2.18. The Kier molecular flexibility index (Phi) is 3.69. The van der Waals surface area contributed by atoms with Crippen molar-refractivity contribution >= 4 is 28.2 Å².